The van der Waals surface area contributed by atoms with Crippen molar-refractivity contribution in [2.75, 3.05) is 12.4 Å². The van der Waals surface area contributed by atoms with E-state index < -0.39 is 0 Å². The summed E-state index contributed by atoms with van der Waals surface area (Å²) in [5, 5.41) is 3.05. The molecule has 1 aliphatic rings. The lowest BCUT2D eigenvalue weighted by Crippen LogP contribution is -1.90. The molecule has 0 atom stereocenters. The van der Waals surface area contributed by atoms with E-state index in [0.717, 1.165) is 11.6 Å². The lowest BCUT2D eigenvalue weighted by molar-refractivity contribution is 1.02. The Bertz CT molecular complexity index is 241. The Morgan fingerprint density at radius 2 is 2.17 bits per heavy atom. The summed E-state index contributed by atoms with van der Waals surface area (Å²) in [5.41, 5.74) is 2.35. The van der Waals surface area contributed by atoms with Gasteiger partial charge in [0.05, 0.1) is 11.9 Å². The van der Waals surface area contributed by atoms with Crippen LogP contribution in [-0.2, 0) is 0 Å². The van der Waals surface area contributed by atoms with Crippen LogP contribution < -0.4 is 5.32 Å². The second kappa shape index (κ2) is 3.76. The number of hydrogen-bond donors (Lipinski definition) is 1. The van der Waals surface area contributed by atoms with Gasteiger partial charge in [-0.25, -0.2) is 0 Å². The van der Waals surface area contributed by atoms with Gasteiger partial charge in [-0.15, -0.1) is 12.4 Å². The van der Waals surface area contributed by atoms with E-state index >= 15 is 0 Å². The minimum Gasteiger partial charge on any atom is -0.387 e. The normalized spacial score (nSPS) is 15.1. The fourth-order valence-electron chi connectivity index (χ4n) is 1.17. The van der Waals surface area contributed by atoms with E-state index in [1.54, 1.807) is 0 Å². The number of nitrogens with one attached hydrogen (secondary N) is 1. The third-order valence-electron chi connectivity index (χ3n) is 2.07. The zero-order chi connectivity index (χ0) is 7.68. The first-order chi connectivity index (χ1) is 5.40. The summed E-state index contributed by atoms with van der Waals surface area (Å²) in [5.74, 6) is 0.765. The number of halogens is 1. The molecular weight excluding hydrogens is 172 g/mol. The van der Waals surface area contributed by atoms with Crippen molar-refractivity contribution in [1.82, 2.24) is 4.98 Å². The van der Waals surface area contributed by atoms with Crippen LogP contribution in [0.2, 0.25) is 0 Å². The molecule has 0 radical (unpaired) electrons. The zero-order valence-corrected chi connectivity index (χ0v) is 7.90. The first-order valence-electron chi connectivity index (χ1n) is 4.04. The van der Waals surface area contributed by atoms with E-state index in [9.17, 15) is 0 Å². The summed E-state index contributed by atoms with van der Waals surface area (Å²) in [7, 11) is 1.91. The SMILES string of the molecule is CNc1ccc(C2CC2)nc1.Cl. The summed E-state index contributed by atoms with van der Waals surface area (Å²) in [6, 6.07) is 4.20. The minimum absolute atomic E-state index is 0. The molecular formula is C9H13ClN2. The molecule has 1 aromatic heterocycles. The predicted octanol–water partition coefficient (Wildman–Crippen LogP) is 2.42. The Labute approximate surface area is 78.8 Å². The molecule has 0 unspecified atom stereocenters. The molecule has 2 nitrogen and oxygen atoms in total. The van der Waals surface area contributed by atoms with E-state index in [1.807, 2.05) is 13.2 Å². The molecule has 0 aliphatic heterocycles. The minimum atomic E-state index is 0. The van der Waals surface area contributed by atoms with Crippen molar-refractivity contribution in [1.29, 1.82) is 0 Å². The van der Waals surface area contributed by atoms with Crippen molar-refractivity contribution in [2.24, 2.45) is 0 Å². The summed E-state index contributed by atoms with van der Waals surface area (Å²) < 4.78 is 0. The van der Waals surface area contributed by atoms with Gasteiger partial charge in [0, 0.05) is 18.7 Å². The fourth-order valence-corrected chi connectivity index (χ4v) is 1.17. The van der Waals surface area contributed by atoms with Crippen molar-refractivity contribution < 1.29 is 0 Å². The van der Waals surface area contributed by atoms with E-state index in [4.69, 9.17) is 0 Å². The standard InChI is InChI=1S/C9H12N2.ClH/c1-10-8-4-5-9(11-6-8)7-2-3-7;/h4-7,10H,2-3H2,1H3;1H. The maximum atomic E-state index is 4.35. The summed E-state index contributed by atoms with van der Waals surface area (Å²) in [6.45, 7) is 0. The average molecular weight is 185 g/mol. The Morgan fingerprint density at radius 1 is 1.42 bits per heavy atom. The van der Waals surface area contributed by atoms with E-state index in [1.165, 1.54) is 18.5 Å². The van der Waals surface area contributed by atoms with Crippen molar-refractivity contribution in [3.05, 3.63) is 24.0 Å². The zero-order valence-electron chi connectivity index (χ0n) is 7.08. The highest BCUT2D eigenvalue weighted by Crippen LogP contribution is 2.38. The van der Waals surface area contributed by atoms with Gasteiger partial charge >= 0.3 is 0 Å². The van der Waals surface area contributed by atoms with Gasteiger partial charge in [-0.2, -0.15) is 0 Å². The first-order valence-corrected chi connectivity index (χ1v) is 4.04. The van der Waals surface area contributed by atoms with Gasteiger partial charge in [-0.1, -0.05) is 0 Å². The molecule has 1 heterocycles. The highest BCUT2D eigenvalue weighted by molar-refractivity contribution is 5.85. The third-order valence-corrected chi connectivity index (χ3v) is 2.07. The maximum Gasteiger partial charge on any atom is 0.0524 e. The van der Waals surface area contributed by atoms with Crippen LogP contribution in [0.5, 0.6) is 0 Å². The topological polar surface area (TPSA) is 24.9 Å². The smallest absolute Gasteiger partial charge is 0.0524 e. The van der Waals surface area contributed by atoms with E-state index in [0.29, 0.717) is 0 Å². The Balaban J connectivity index is 0.000000720. The van der Waals surface area contributed by atoms with Crippen LogP contribution in [0.4, 0.5) is 5.69 Å². The summed E-state index contributed by atoms with van der Waals surface area (Å²) in [4.78, 5) is 4.35. The molecule has 0 spiro atoms. The van der Waals surface area contributed by atoms with Crippen LogP contribution in [0.15, 0.2) is 18.3 Å². The Kier molecular flexibility index (Phi) is 2.93. The second-order valence-electron chi connectivity index (χ2n) is 3.00. The van der Waals surface area contributed by atoms with Crippen molar-refractivity contribution >= 4 is 18.1 Å². The first kappa shape index (κ1) is 9.33. The molecule has 1 aromatic rings. The van der Waals surface area contributed by atoms with Gasteiger partial charge in [0.15, 0.2) is 0 Å². The molecule has 0 aromatic carbocycles. The van der Waals surface area contributed by atoms with E-state index in [-0.39, 0.29) is 12.4 Å². The van der Waals surface area contributed by atoms with Crippen molar-refractivity contribution in [2.45, 2.75) is 18.8 Å². The van der Waals surface area contributed by atoms with Gasteiger partial charge in [-0.3, -0.25) is 4.98 Å². The molecule has 66 valence electrons. The molecule has 0 bridgehead atoms. The fraction of sp³-hybridized carbons (Fsp3) is 0.444. The number of pyridine rings is 1. The molecule has 1 aliphatic carbocycles. The summed E-state index contributed by atoms with van der Waals surface area (Å²) >= 11 is 0. The van der Waals surface area contributed by atoms with Gasteiger partial charge < -0.3 is 5.32 Å². The molecule has 1 saturated carbocycles. The highest BCUT2D eigenvalue weighted by atomic mass is 35.5. The summed E-state index contributed by atoms with van der Waals surface area (Å²) in [6.07, 6.45) is 4.55. The largest absolute Gasteiger partial charge is 0.387 e. The third kappa shape index (κ3) is 1.89. The molecule has 1 N–H and O–H groups in total. The Morgan fingerprint density at radius 3 is 2.58 bits per heavy atom. The molecule has 12 heavy (non-hydrogen) atoms. The molecule has 3 heteroatoms. The maximum absolute atomic E-state index is 4.35. The number of hydrogen-bond acceptors (Lipinski definition) is 2. The monoisotopic (exact) mass is 184 g/mol. The second-order valence-corrected chi connectivity index (χ2v) is 3.00. The lowest BCUT2D eigenvalue weighted by atomic mass is 10.2. The molecule has 2 rings (SSSR count). The van der Waals surface area contributed by atoms with Gasteiger partial charge in [0.25, 0.3) is 0 Å². The van der Waals surface area contributed by atoms with Crippen LogP contribution in [0.1, 0.15) is 24.5 Å². The number of anilines is 1. The Hall–Kier alpha value is -0.760. The van der Waals surface area contributed by atoms with Crippen molar-refractivity contribution in [3.8, 4) is 0 Å². The quantitative estimate of drug-likeness (QED) is 0.764. The predicted molar refractivity (Wildman–Crippen MR) is 53.0 cm³/mol. The van der Waals surface area contributed by atoms with Gasteiger partial charge in [0.2, 0.25) is 0 Å². The van der Waals surface area contributed by atoms with Crippen LogP contribution in [-0.4, -0.2) is 12.0 Å². The van der Waals surface area contributed by atoms with Crippen LogP contribution in [0, 0.1) is 0 Å². The number of aromatic nitrogens is 1. The number of nitrogens with zero attached hydrogens (tertiary/aromatic N) is 1. The van der Waals surface area contributed by atoms with Crippen LogP contribution in [0.25, 0.3) is 0 Å². The van der Waals surface area contributed by atoms with Crippen LogP contribution in [0.3, 0.4) is 0 Å². The number of rotatable bonds is 2. The molecule has 0 amide bonds. The van der Waals surface area contributed by atoms with Crippen LogP contribution >= 0.6 is 12.4 Å². The molecule has 0 saturated heterocycles. The van der Waals surface area contributed by atoms with Gasteiger partial charge in [0.1, 0.15) is 0 Å². The highest BCUT2D eigenvalue weighted by Gasteiger charge is 2.24. The average Bonchev–Trinajstić information content (AvgIpc) is 2.87. The molecule has 1 fully saturated rings. The lowest BCUT2D eigenvalue weighted by Gasteiger charge is -1.99. The van der Waals surface area contributed by atoms with Crippen molar-refractivity contribution in [3.63, 3.8) is 0 Å². The van der Waals surface area contributed by atoms with Gasteiger partial charge in [-0.05, 0) is 25.0 Å². The van der Waals surface area contributed by atoms with E-state index in [2.05, 4.69) is 22.4 Å².